The normalized spacial score (nSPS) is 25.0. The molecule has 2 fully saturated rings. The van der Waals surface area contributed by atoms with Gasteiger partial charge in [0, 0.05) is 12.6 Å². The van der Waals surface area contributed by atoms with Crippen LogP contribution >= 0.6 is 24.0 Å². The fraction of sp³-hybridized carbons (Fsp3) is 0.786. The Morgan fingerprint density at radius 2 is 2.04 bits per heavy atom. The van der Waals surface area contributed by atoms with Crippen molar-refractivity contribution in [2.75, 3.05) is 26.2 Å². The van der Waals surface area contributed by atoms with Gasteiger partial charge in [-0.1, -0.05) is 0 Å². The zero-order chi connectivity index (χ0) is 15.9. The van der Waals surface area contributed by atoms with Crippen LogP contribution in [0, 0.1) is 0 Å². The Labute approximate surface area is 153 Å². The van der Waals surface area contributed by atoms with Gasteiger partial charge in [0.2, 0.25) is 5.91 Å². The number of imide groups is 1. The van der Waals surface area contributed by atoms with Crippen molar-refractivity contribution in [3.8, 4) is 0 Å². The minimum absolute atomic E-state index is 0. The van der Waals surface area contributed by atoms with E-state index in [9.17, 15) is 14.7 Å². The SMILES string of the molecule is CCNC(=NCCN1C(=O)CNC1=O)NC1CCC(O)CC1.I. The van der Waals surface area contributed by atoms with Crippen LogP contribution in [0.3, 0.4) is 0 Å². The second-order valence-electron chi connectivity index (χ2n) is 5.61. The third-order valence-corrected chi connectivity index (χ3v) is 3.91. The molecule has 1 aliphatic heterocycles. The first-order valence-electron chi connectivity index (χ1n) is 7.91. The number of aliphatic imine (C=N–C) groups is 1. The standard InChI is InChI=1S/C14H25N5O3.HI/c1-2-15-13(18-10-3-5-11(20)6-4-10)16-7-8-19-12(21)9-17-14(19)22;/h10-11,20H,2-9H2,1H3,(H,17,22)(H2,15,16,18);1H. The molecule has 1 saturated heterocycles. The molecule has 0 bridgehead atoms. The number of carbonyl (C=O) groups excluding carboxylic acids is 2. The minimum Gasteiger partial charge on any atom is -0.393 e. The van der Waals surface area contributed by atoms with Crippen molar-refractivity contribution in [1.82, 2.24) is 20.9 Å². The number of aliphatic hydroxyl groups excluding tert-OH is 1. The predicted octanol–water partition coefficient (Wildman–Crippen LogP) is 0.0148. The number of halogens is 1. The molecule has 9 heteroatoms. The molecule has 0 atom stereocenters. The molecule has 0 aromatic rings. The van der Waals surface area contributed by atoms with Crippen molar-refractivity contribution in [3.05, 3.63) is 0 Å². The van der Waals surface area contributed by atoms with Crippen LogP contribution in [-0.4, -0.2) is 66.2 Å². The number of nitrogens with one attached hydrogen (secondary N) is 3. The molecule has 8 nitrogen and oxygen atoms in total. The number of guanidine groups is 1. The molecule has 0 aromatic heterocycles. The molecule has 0 unspecified atom stereocenters. The number of urea groups is 1. The summed E-state index contributed by atoms with van der Waals surface area (Å²) in [5.41, 5.74) is 0. The highest BCUT2D eigenvalue weighted by Gasteiger charge is 2.27. The van der Waals surface area contributed by atoms with Crippen molar-refractivity contribution >= 4 is 41.9 Å². The minimum atomic E-state index is -0.348. The third-order valence-electron chi connectivity index (χ3n) is 3.91. The predicted molar refractivity (Wildman–Crippen MR) is 97.9 cm³/mol. The number of carbonyl (C=O) groups is 2. The monoisotopic (exact) mass is 439 g/mol. The van der Waals surface area contributed by atoms with E-state index in [1.807, 2.05) is 6.92 Å². The molecule has 0 spiro atoms. The van der Waals surface area contributed by atoms with E-state index < -0.39 is 0 Å². The van der Waals surface area contributed by atoms with Gasteiger partial charge in [-0.3, -0.25) is 14.7 Å². The number of amides is 3. The third kappa shape index (κ3) is 6.13. The lowest BCUT2D eigenvalue weighted by Crippen LogP contribution is -2.45. The molecular weight excluding hydrogens is 413 g/mol. The average molecular weight is 439 g/mol. The molecule has 0 radical (unpaired) electrons. The summed E-state index contributed by atoms with van der Waals surface area (Å²) in [6.45, 7) is 3.45. The van der Waals surface area contributed by atoms with Crippen molar-refractivity contribution < 1.29 is 14.7 Å². The molecule has 23 heavy (non-hydrogen) atoms. The van der Waals surface area contributed by atoms with Gasteiger partial charge in [0.15, 0.2) is 5.96 Å². The first kappa shape index (κ1) is 19.9. The van der Waals surface area contributed by atoms with Gasteiger partial charge >= 0.3 is 6.03 Å². The Balaban J connectivity index is 0.00000264. The van der Waals surface area contributed by atoms with Crippen LogP contribution in [0.5, 0.6) is 0 Å². The fourth-order valence-electron chi connectivity index (χ4n) is 2.68. The highest BCUT2D eigenvalue weighted by Crippen LogP contribution is 2.18. The Bertz CT molecular complexity index is 422. The maximum Gasteiger partial charge on any atom is 0.324 e. The van der Waals surface area contributed by atoms with Gasteiger partial charge in [-0.15, -0.1) is 24.0 Å². The molecule has 132 valence electrons. The zero-order valence-electron chi connectivity index (χ0n) is 13.4. The molecule has 2 aliphatic rings. The lowest BCUT2D eigenvalue weighted by atomic mass is 9.93. The average Bonchev–Trinajstić information content (AvgIpc) is 2.81. The molecule has 1 aliphatic carbocycles. The summed E-state index contributed by atoms with van der Waals surface area (Å²) in [7, 11) is 0. The highest BCUT2D eigenvalue weighted by molar-refractivity contribution is 14.0. The van der Waals surface area contributed by atoms with Gasteiger partial charge in [-0.2, -0.15) is 0 Å². The second-order valence-corrected chi connectivity index (χ2v) is 5.61. The largest absolute Gasteiger partial charge is 0.393 e. The lowest BCUT2D eigenvalue weighted by Gasteiger charge is -2.27. The molecular formula is C14H26IN5O3. The second kappa shape index (κ2) is 9.91. The van der Waals surface area contributed by atoms with E-state index in [1.54, 1.807) is 0 Å². The van der Waals surface area contributed by atoms with E-state index in [2.05, 4.69) is 20.9 Å². The molecule has 3 amide bonds. The highest BCUT2D eigenvalue weighted by atomic mass is 127. The van der Waals surface area contributed by atoms with E-state index in [1.165, 1.54) is 4.90 Å². The summed E-state index contributed by atoms with van der Waals surface area (Å²) in [6, 6.07) is -0.0441. The first-order chi connectivity index (χ1) is 10.6. The summed E-state index contributed by atoms with van der Waals surface area (Å²) in [5.74, 6) is 0.482. The summed E-state index contributed by atoms with van der Waals surface area (Å²) >= 11 is 0. The van der Waals surface area contributed by atoms with Gasteiger partial charge in [-0.25, -0.2) is 4.79 Å². The van der Waals surface area contributed by atoms with Gasteiger partial charge < -0.3 is 21.1 Å². The maximum absolute atomic E-state index is 11.5. The summed E-state index contributed by atoms with van der Waals surface area (Å²) < 4.78 is 0. The van der Waals surface area contributed by atoms with Crippen molar-refractivity contribution in [3.63, 3.8) is 0 Å². The summed E-state index contributed by atoms with van der Waals surface area (Å²) in [4.78, 5) is 28.5. The quantitative estimate of drug-likeness (QED) is 0.209. The Morgan fingerprint density at radius 3 is 2.61 bits per heavy atom. The van der Waals surface area contributed by atoms with E-state index in [0.29, 0.717) is 18.5 Å². The van der Waals surface area contributed by atoms with Crippen molar-refractivity contribution in [1.29, 1.82) is 0 Å². The fourth-order valence-corrected chi connectivity index (χ4v) is 2.68. The number of nitrogens with zero attached hydrogens (tertiary/aromatic N) is 2. The number of hydrogen-bond acceptors (Lipinski definition) is 4. The molecule has 1 heterocycles. The van der Waals surface area contributed by atoms with Crippen molar-refractivity contribution in [2.24, 2.45) is 4.99 Å². The van der Waals surface area contributed by atoms with Crippen LogP contribution in [-0.2, 0) is 4.79 Å². The smallest absolute Gasteiger partial charge is 0.324 e. The van der Waals surface area contributed by atoms with E-state index in [4.69, 9.17) is 0 Å². The van der Waals surface area contributed by atoms with E-state index in [-0.39, 0.29) is 55.1 Å². The van der Waals surface area contributed by atoms with Crippen LogP contribution in [0.15, 0.2) is 4.99 Å². The summed E-state index contributed by atoms with van der Waals surface area (Å²) in [6.07, 6.45) is 3.26. The Hall–Kier alpha value is -1.10. The Morgan fingerprint density at radius 1 is 1.35 bits per heavy atom. The molecule has 4 N–H and O–H groups in total. The van der Waals surface area contributed by atoms with Crippen LogP contribution in [0.4, 0.5) is 4.79 Å². The van der Waals surface area contributed by atoms with Crippen molar-refractivity contribution in [2.45, 2.75) is 44.8 Å². The summed E-state index contributed by atoms with van der Waals surface area (Å²) in [5, 5.41) is 18.5. The Kier molecular flexibility index (Phi) is 8.59. The maximum atomic E-state index is 11.5. The lowest BCUT2D eigenvalue weighted by molar-refractivity contribution is -0.124. The van der Waals surface area contributed by atoms with Crippen LogP contribution < -0.4 is 16.0 Å². The number of hydrogen-bond donors (Lipinski definition) is 4. The van der Waals surface area contributed by atoms with Crippen LogP contribution in [0.25, 0.3) is 0 Å². The number of aliphatic hydroxyl groups is 1. The topological polar surface area (TPSA) is 106 Å². The van der Waals surface area contributed by atoms with Gasteiger partial charge in [-0.05, 0) is 32.6 Å². The van der Waals surface area contributed by atoms with Gasteiger partial charge in [0.05, 0.1) is 25.7 Å². The van der Waals surface area contributed by atoms with E-state index in [0.717, 1.165) is 32.2 Å². The zero-order valence-corrected chi connectivity index (χ0v) is 15.7. The molecule has 0 aromatic carbocycles. The van der Waals surface area contributed by atoms with Crippen LogP contribution in [0.1, 0.15) is 32.6 Å². The van der Waals surface area contributed by atoms with Crippen LogP contribution in [0.2, 0.25) is 0 Å². The molecule has 2 rings (SSSR count). The molecule has 1 saturated carbocycles. The number of rotatable bonds is 5. The van der Waals surface area contributed by atoms with Gasteiger partial charge in [0.25, 0.3) is 0 Å². The first-order valence-corrected chi connectivity index (χ1v) is 7.91. The van der Waals surface area contributed by atoms with Gasteiger partial charge in [0.1, 0.15) is 0 Å². The van der Waals surface area contributed by atoms with E-state index >= 15 is 0 Å².